The molecule has 0 N–H and O–H groups in total. The third-order valence-electron chi connectivity index (χ3n) is 2.77. The zero-order chi connectivity index (χ0) is 16.2. The van der Waals surface area contributed by atoms with Crippen molar-refractivity contribution >= 4 is 27.7 Å². The van der Waals surface area contributed by atoms with Crippen molar-refractivity contribution in [3.8, 4) is 0 Å². The van der Waals surface area contributed by atoms with Gasteiger partial charge in [-0.25, -0.2) is 9.78 Å². The topological polar surface area (TPSA) is 42.4 Å². The third-order valence-corrected chi connectivity index (χ3v) is 3.22. The van der Waals surface area contributed by atoms with Crippen LogP contribution in [0.2, 0.25) is 0 Å². The Bertz CT molecular complexity index is 639. The van der Waals surface area contributed by atoms with Crippen LogP contribution in [-0.2, 0) is 11.3 Å². The number of rotatable bonds is 3. The summed E-state index contributed by atoms with van der Waals surface area (Å²) in [5, 5.41) is 0. The molecule has 1 aromatic heterocycles. The predicted octanol–water partition coefficient (Wildman–Crippen LogP) is 4.79. The number of anilines is 1. The van der Waals surface area contributed by atoms with Gasteiger partial charge < -0.3 is 4.74 Å². The lowest BCUT2D eigenvalue weighted by atomic mass is 10.2. The van der Waals surface area contributed by atoms with E-state index < -0.39 is 5.60 Å². The van der Waals surface area contributed by atoms with Gasteiger partial charge in [0.05, 0.1) is 12.2 Å². The second-order valence-corrected chi connectivity index (χ2v) is 6.67. The Morgan fingerprint density at radius 2 is 1.82 bits per heavy atom. The number of halogens is 1. The summed E-state index contributed by atoms with van der Waals surface area (Å²) in [5.74, 6) is 0. The first kappa shape index (κ1) is 16.5. The summed E-state index contributed by atoms with van der Waals surface area (Å²) in [6.07, 6.45) is -0.388. The van der Waals surface area contributed by atoms with E-state index in [0.717, 1.165) is 16.0 Å². The van der Waals surface area contributed by atoms with Crippen molar-refractivity contribution < 1.29 is 9.53 Å². The number of benzene rings is 1. The van der Waals surface area contributed by atoms with E-state index in [4.69, 9.17) is 4.74 Å². The number of nitrogens with zero attached hydrogens (tertiary/aromatic N) is 2. The molecule has 2 aromatic rings. The molecule has 0 radical (unpaired) electrons. The van der Waals surface area contributed by atoms with Crippen LogP contribution >= 0.6 is 15.9 Å². The van der Waals surface area contributed by atoms with E-state index in [9.17, 15) is 4.79 Å². The standard InChI is InChI=1S/C17H19BrN2O2/c1-17(2,3)22-16(21)20(14-9-5-4-6-10-14)12-13-8-7-11-15(18)19-13/h4-11H,12H2,1-3H3. The highest BCUT2D eigenvalue weighted by Crippen LogP contribution is 2.20. The average Bonchev–Trinajstić information content (AvgIpc) is 2.44. The lowest BCUT2D eigenvalue weighted by Crippen LogP contribution is -2.36. The Morgan fingerprint density at radius 1 is 1.14 bits per heavy atom. The lowest BCUT2D eigenvalue weighted by molar-refractivity contribution is 0.0577. The maximum absolute atomic E-state index is 12.5. The summed E-state index contributed by atoms with van der Waals surface area (Å²) in [7, 11) is 0. The molecule has 0 aliphatic heterocycles. The molecule has 4 nitrogen and oxygen atoms in total. The average molecular weight is 363 g/mol. The fraction of sp³-hybridized carbons (Fsp3) is 0.294. The van der Waals surface area contributed by atoms with Gasteiger partial charge in [0.25, 0.3) is 0 Å². The number of amides is 1. The first-order valence-corrected chi connectivity index (χ1v) is 7.81. The van der Waals surface area contributed by atoms with Crippen molar-refractivity contribution in [1.29, 1.82) is 0 Å². The minimum Gasteiger partial charge on any atom is -0.443 e. The molecular weight excluding hydrogens is 344 g/mol. The highest BCUT2D eigenvalue weighted by Gasteiger charge is 2.23. The second-order valence-electron chi connectivity index (χ2n) is 5.85. The van der Waals surface area contributed by atoms with E-state index in [1.807, 2.05) is 69.3 Å². The van der Waals surface area contributed by atoms with Crippen LogP contribution in [0.5, 0.6) is 0 Å². The predicted molar refractivity (Wildman–Crippen MR) is 90.8 cm³/mol. The summed E-state index contributed by atoms with van der Waals surface area (Å²) in [4.78, 5) is 18.5. The van der Waals surface area contributed by atoms with Crippen molar-refractivity contribution in [3.63, 3.8) is 0 Å². The molecule has 0 spiro atoms. The first-order valence-electron chi connectivity index (χ1n) is 7.02. The Balaban J connectivity index is 2.28. The van der Waals surface area contributed by atoms with Gasteiger partial charge >= 0.3 is 6.09 Å². The van der Waals surface area contributed by atoms with Gasteiger partial charge in [0, 0.05) is 5.69 Å². The summed E-state index contributed by atoms with van der Waals surface area (Å²) >= 11 is 3.35. The summed E-state index contributed by atoms with van der Waals surface area (Å²) in [5.41, 5.74) is 1.01. The Hall–Kier alpha value is -1.88. The van der Waals surface area contributed by atoms with Gasteiger partial charge in [-0.1, -0.05) is 24.3 Å². The van der Waals surface area contributed by atoms with Crippen molar-refractivity contribution in [2.45, 2.75) is 32.9 Å². The van der Waals surface area contributed by atoms with E-state index in [0.29, 0.717) is 6.54 Å². The number of ether oxygens (including phenoxy) is 1. The van der Waals surface area contributed by atoms with Crippen LogP contribution in [0.25, 0.3) is 0 Å². The van der Waals surface area contributed by atoms with Crippen LogP contribution in [0.3, 0.4) is 0 Å². The Labute approximate surface area is 139 Å². The van der Waals surface area contributed by atoms with Crippen LogP contribution in [0.15, 0.2) is 53.1 Å². The molecule has 22 heavy (non-hydrogen) atoms. The Morgan fingerprint density at radius 3 is 2.41 bits per heavy atom. The highest BCUT2D eigenvalue weighted by atomic mass is 79.9. The monoisotopic (exact) mass is 362 g/mol. The van der Waals surface area contributed by atoms with Crippen LogP contribution in [0.4, 0.5) is 10.5 Å². The molecule has 0 aliphatic rings. The highest BCUT2D eigenvalue weighted by molar-refractivity contribution is 9.10. The van der Waals surface area contributed by atoms with Crippen molar-refractivity contribution in [2.24, 2.45) is 0 Å². The molecule has 0 saturated carbocycles. The Kier molecular flexibility index (Phi) is 5.19. The smallest absolute Gasteiger partial charge is 0.415 e. The number of carbonyl (C=O) groups excluding carboxylic acids is 1. The van der Waals surface area contributed by atoms with Crippen LogP contribution in [-0.4, -0.2) is 16.7 Å². The van der Waals surface area contributed by atoms with E-state index in [2.05, 4.69) is 20.9 Å². The minimum absolute atomic E-state index is 0.346. The largest absolute Gasteiger partial charge is 0.443 e. The van der Waals surface area contributed by atoms with Crippen molar-refractivity contribution in [1.82, 2.24) is 4.98 Å². The molecule has 0 atom stereocenters. The van der Waals surface area contributed by atoms with E-state index in [-0.39, 0.29) is 6.09 Å². The SMILES string of the molecule is CC(C)(C)OC(=O)N(Cc1cccc(Br)n1)c1ccccc1. The van der Waals surface area contributed by atoms with Gasteiger partial charge in [-0.15, -0.1) is 0 Å². The minimum atomic E-state index is -0.547. The summed E-state index contributed by atoms with van der Waals surface area (Å²) in [6.45, 7) is 5.90. The third kappa shape index (κ3) is 4.84. The molecule has 116 valence electrons. The maximum atomic E-state index is 12.5. The molecule has 0 fully saturated rings. The first-order chi connectivity index (χ1) is 10.3. The van der Waals surface area contributed by atoms with Gasteiger partial charge in [-0.2, -0.15) is 0 Å². The molecule has 1 aromatic carbocycles. The number of aromatic nitrogens is 1. The van der Waals surface area contributed by atoms with E-state index >= 15 is 0 Å². The fourth-order valence-electron chi connectivity index (χ4n) is 1.89. The molecule has 0 aliphatic carbocycles. The summed E-state index contributed by atoms with van der Waals surface area (Å²) < 4.78 is 6.24. The lowest BCUT2D eigenvalue weighted by Gasteiger charge is -2.27. The zero-order valence-corrected chi connectivity index (χ0v) is 14.5. The molecular formula is C17H19BrN2O2. The molecule has 1 amide bonds. The van der Waals surface area contributed by atoms with E-state index in [1.54, 1.807) is 4.90 Å². The fourth-order valence-corrected chi connectivity index (χ4v) is 2.27. The molecule has 1 heterocycles. The molecule has 5 heteroatoms. The number of hydrogen-bond donors (Lipinski definition) is 0. The number of hydrogen-bond acceptors (Lipinski definition) is 3. The van der Waals surface area contributed by atoms with Crippen LogP contribution in [0.1, 0.15) is 26.5 Å². The number of pyridine rings is 1. The zero-order valence-electron chi connectivity index (χ0n) is 12.9. The number of para-hydroxylation sites is 1. The quantitative estimate of drug-likeness (QED) is 0.737. The second kappa shape index (κ2) is 6.92. The number of carbonyl (C=O) groups is 1. The molecule has 0 saturated heterocycles. The van der Waals surface area contributed by atoms with Gasteiger partial charge in [0.15, 0.2) is 0 Å². The maximum Gasteiger partial charge on any atom is 0.415 e. The van der Waals surface area contributed by atoms with Crippen LogP contribution in [0, 0.1) is 0 Å². The summed E-state index contributed by atoms with van der Waals surface area (Å²) in [6, 6.07) is 15.1. The van der Waals surface area contributed by atoms with Crippen LogP contribution < -0.4 is 4.90 Å². The van der Waals surface area contributed by atoms with Crippen molar-refractivity contribution in [3.05, 3.63) is 58.8 Å². The molecule has 2 rings (SSSR count). The molecule has 0 unspecified atom stereocenters. The van der Waals surface area contributed by atoms with E-state index in [1.165, 1.54) is 0 Å². The normalized spacial score (nSPS) is 11.1. The molecule has 0 bridgehead atoms. The van der Waals surface area contributed by atoms with Gasteiger partial charge in [0.2, 0.25) is 0 Å². The van der Waals surface area contributed by atoms with Gasteiger partial charge in [-0.05, 0) is 61.0 Å². The van der Waals surface area contributed by atoms with Gasteiger partial charge in [0.1, 0.15) is 10.2 Å². The van der Waals surface area contributed by atoms with Gasteiger partial charge in [-0.3, -0.25) is 4.90 Å². The van der Waals surface area contributed by atoms with Crippen molar-refractivity contribution in [2.75, 3.05) is 4.90 Å².